The third-order valence-electron chi connectivity index (χ3n) is 4.99. The van der Waals surface area contributed by atoms with Crippen molar-refractivity contribution in [3.63, 3.8) is 0 Å². The van der Waals surface area contributed by atoms with Crippen LogP contribution in [-0.2, 0) is 15.6 Å². The maximum Gasteiger partial charge on any atom is 0.239 e. The van der Waals surface area contributed by atoms with E-state index in [2.05, 4.69) is 15.6 Å². The van der Waals surface area contributed by atoms with Gasteiger partial charge in [-0.2, -0.15) is 0 Å². The zero-order valence-electron chi connectivity index (χ0n) is 16.3. The summed E-state index contributed by atoms with van der Waals surface area (Å²) in [6.07, 6.45) is 0. The molecule has 0 radical (unpaired) electrons. The summed E-state index contributed by atoms with van der Waals surface area (Å²) in [7, 11) is -2.22. The Balaban J connectivity index is 1.57. The number of anilines is 2. The summed E-state index contributed by atoms with van der Waals surface area (Å²) in [4.78, 5) is 4.54. The average Bonchev–Trinajstić information content (AvgIpc) is 3.15. The molecule has 2 aromatic carbocycles. The molecule has 0 amide bonds. The van der Waals surface area contributed by atoms with Crippen LogP contribution in [0.15, 0.2) is 53.9 Å². The Bertz CT molecular complexity index is 1210. The van der Waals surface area contributed by atoms with Crippen molar-refractivity contribution in [1.29, 1.82) is 5.41 Å². The highest BCUT2D eigenvalue weighted by atomic mass is 32.2. The molecule has 0 saturated carbocycles. The van der Waals surface area contributed by atoms with Crippen molar-refractivity contribution < 1.29 is 12.8 Å². The predicted molar refractivity (Wildman–Crippen MR) is 117 cm³/mol. The molecule has 0 bridgehead atoms. The Morgan fingerprint density at radius 3 is 2.70 bits per heavy atom. The largest absolute Gasteiger partial charge is 0.345 e. The van der Waals surface area contributed by atoms with Crippen LogP contribution in [-0.4, -0.2) is 36.5 Å². The number of halogens is 1. The van der Waals surface area contributed by atoms with Gasteiger partial charge in [-0.15, -0.1) is 11.3 Å². The van der Waals surface area contributed by atoms with Gasteiger partial charge in [-0.05, 0) is 48.9 Å². The molecule has 1 fully saturated rings. The molecule has 2 heterocycles. The number of nitrogens with one attached hydrogen (secondary N) is 3. The smallest absolute Gasteiger partial charge is 0.239 e. The summed E-state index contributed by atoms with van der Waals surface area (Å²) in [5.74, 6) is -0.616. The zero-order valence-corrected chi connectivity index (χ0v) is 17.9. The van der Waals surface area contributed by atoms with E-state index < -0.39 is 15.6 Å². The normalized spacial score (nSPS) is 20.6. The molecule has 1 aliphatic rings. The highest BCUT2D eigenvalue weighted by Gasteiger charge is 2.41. The third-order valence-corrected chi connectivity index (χ3v) is 7.71. The molecule has 1 aromatic heterocycles. The summed E-state index contributed by atoms with van der Waals surface area (Å²) in [6.45, 7) is 1.77. The van der Waals surface area contributed by atoms with Gasteiger partial charge in [-0.3, -0.25) is 5.41 Å². The average molecular weight is 446 g/mol. The number of rotatable bonds is 4. The van der Waals surface area contributed by atoms with E-state index in [1.165, 1.54) is 30.5 Å². The summed E-state index contributed by atoms with van der Waals surface area (Å²) in [6, 6.07) is 13.5. The lowest BCUT2D eigenvalue weighted by Crippen LogP contribution is -2.60. The quantitative estimate of drug-likeness (QED) is 0.569. The molecule has 0 spiro atoms. The van der Waals surface area contributed by atoms with Crippen LogP contribution in [0.4, 0.5) is 15.2 Å². The van der Waals surface area contributed by atoms with Crippen LogP contribution >= 0.6 is 11.3 Å². The Morgan fingerprint density at radius 1 is 1.27 bits per heavy atom. The van der Waals surface area contributed by atoms with E-state index >= 15 is 0 Å². The minimum absolute atomic E-state index is 0.158. The van der Waals surface area contributed by atoms with Crippen LogP contribution < -0.4 is 10.6 Å². The maximum absolute atomic E-state index is 13.1. The molecular formula is C20H20FN5O2S2. The van der Waals surface area contributed by atoms with Crippen LogP contribution in [0.1, 0.15) is 12.5 Å². The first kappa shape index (κ1) is 20.3. The van der Waals surface area contributed by atoms with E-state index in [9.17, 15) is 12.8 Å². The lowest BCUT2D eigenvalue weighted by atomic mass is 9.93. The number of hydrogen-bond acceptors (Lipinski definition) is 6. The third kappa shape index (κ3) is 3.88. The van der Waals surface area contributed by atoms with Gasteiger partial charge in [0, 0.05) is 23.7 Å². The number of benzene rings is 2. The molecule has 1 unspecified atom stereocenters. The Hall–Kier alpha value is -2.98. The van der Waals surface area contributed by atoms with Crippen LogP contribution in [0, 0.1) is 11.2 Å². The second kappa shape index (κ2) is 7.37. The molecule has 0 aliphatic carbocycles. The second-order valence-corrected chi connectivity index (χ2v) is 10.1. The van der Waals surface area contributed by atoms with Crippen LogP contribution in [0.3, 0.4) is 0 Å². The van der Waals surface area contributed by atoms with Gasteiger partial charge in [-0.25, -0.2) is 22.1 Å². The fraction of sp³-hybridized carbons (Fsp3) is 0.200. The van der Waals surface area contributed by atoms with Gasteiger partial charge >= 0.3 is 0 Å². The Kier molecular flexibility index (Phi) is 4.99. The van der Waals surface area contributed by atoms with Crippen molar-refractivity contribution in [2.24, 2.45) is 0 Å². The van der Waals surface area contributed by atoms with Crippen molar-refractivity contribution in [1.82, 2.24) is 14.6 Å². The van der Waals surface area contributed by atoms with E-state index in [0.29, 0.717) is 5.13 Å². The van der Waals surface area contributed by atoms with Crippen molar-refractivity contribution in [2.45, 2.75) is 12.5 Å². The second-order valence-electron chi connectivity index (χ2n) is 7.28. The van der Waals surface area contributed by atoms with Gasteiger partial charge in [0.05, 0.1) is 17.0 Å². The van der Waals surface area contributed by atoms with E-state index in [4.69, 9.17) is 5.41 Å². The monoisotopic (exact) mass is 445 g/mol. The molecule has 30 heavy (non-hydrogen) atoms. The minimum Gasteiger partial charge on any atom is -0.345 e. The molecule has 3 aromatic rings. The SMILES string of the molecule is CN1C(=N)NC(C)(c2cccc(Nc3nc(-c4ccc(F)cc4)cs3)c2)CS1(=O)=O. The van der Waals surface area contributed by atoms with Crippen molar-refractivity contribution in [3.8, 4) is 11.3 Å². The Morgan fingerprint density at radius 2 is 2.00 bits per heavy atom. The van der Waals surface area contributed by atoms with Crippen LogP contribution in [0.25, 0.3) is 11.3 Å². The maximum atomic E-state index is 13.1. The van der Waals surface area contributed by atoms with Crippen LogP contribution in [0.2, 0.25) is 0 Å². The van der Waals surface area contributed by atoms with Gasteiger partial charge in [-0.1, -0.05) is 12.1 Å². The fourth-order valence-electron chi connectivity index (χ4n) is 3.28. The first-order chi connectivity index (χ1) is 14.2. The van der Waals surface area contributed by atoms with Crippen LogP contribution in [0.5, 0.6) is 0 Å². The van der Waals surface area contributed by atoms with E-state index in [1.807, 2.05) is 29.6 Å². The predicted octanol–water partition coefficient (Wildman–Crippen LogP) is 3.71. The van der Waals surface area contributed by atoms with Crippen molar-refractivity contribution >= 4 is 38.1 Å². The highest BCUT2D eigenvalue weighted by molar-refractivity contribution is 7.89. The molecule has 4 rings (SSSR count). The topological polar surface area (TPSA) is 98.2 Å². The number of nitrogens with zero attached hydrogens (tertiary/aromatic N) is 2. The Labute approximate surface area is 178 Å². The van der Waals surface area contributed by atoms with Crippen molar-refractivity contribution in [3.05, 3.63) is 65.3 Å². The molecule has 1 atom stereocenters. The van der Waals surface area contributed by atoms with E-state index in [1.54, 1.807) is 19.1 Å². The summed E-state index contributed by atoms with van der Waals surface area (Å²) in [5.41, 5.74) is 2.12. The zero-order chi connectivity index (χ0) is 21.5. The van der Waals surface area contributed by atoms with Gasteiger partial charge in [0.15, 0.2) is 5.13 Å². The lowest BCUT2D eigenvalue weighted by Gasteiger charge is -2.40. The first-order valence-electron chi connectivity index (χ1n) is 9.09. The summed E-state index contributed by atoms with van der Waals surface area (Å²) < 4.78 is 38.9. The number of thiazole rings is 1. The van der Waals surface area contributed by atoms with Gasteiger partial charge in [0.1, 0.15) is 5.82 Å². The number of hydrogen-bond donors (Lipinski definition) is 3. The van der Waals surface area contributed by atoms with E-state index in [0.717, 1.165) is 26.8 Å². The molecule has 156 valence electrons. The molecule has 1 saturated heterocycles. The van der Waals surface area contributed by atoms with E-state index in [-0.39, 0.29) is 17.5 Å². The van der Waals surface area contributed by atoms with Gasteiger partial charge < -0.3 is 10.6 Å². The molecule has 7 nitrogen and oxygen atoms in total. The number of sulfonamides is 1. The number of aromatic nitrogens is 1. The molecule has 10 heteroatoms. The molecule has 3 N–H and O–H groups in total. The summed E-state index contributed by atoms with van der Waals surface area (Å²) in [5, 5.41) is 16.7. The van der Waals surface area contributed by atoms with Gasteiger partial charge in [0.25, 0.3) is 0 Å². The standard InChI is InChI=1S/C20H20FN5O2S2/c1-20(12-30(27,28)26(2)18(22)25-20)14-4-3-5-16(10-14)23-19-24-17(11-29-19)13-6-8-15(21)9-7-13/h3-11H,12H2,1-2H3,(H2,22,25)(H,23,24). The first-order valence-corrected chi connectivity index (χ1v) is 11.6. The lowest BCUT2D eigenvalue weighted by molar-refractivity contribution is 0.418. The highest BCUT2D eigenvalue weighted by Crippen LogP contribution is 2.31. The minimum atomic E-state index is -3.58. The fourth-order valence-corrected chi connectivity index (χ4v) is 5.51. The van der Waals surface area contributed by atoms with Gasteiger partial charge in [0.2, 0.25) is 16.0 Å². The number of guanidine groups is 1. The molecular weight excluding hydrogens is 425 g/mol. The van der Waals surface area contributed by atoms with Crippen molar-refractivity contribution in [2.75, 3.05) is 18.1 Å². The summed E-state index contributed by atoms with van der Waals surface area (Å²) >= 11 is 1.42. The molecule has 1 aliphatic heterocycles.